The van der Waals surface area contributed by atoms with E-state index in [1.165, 1.54) is 12.8 Å². The number of ether oxygens (including phenoxy) is 1. The van der Waals surface area contributed by atoms with Crippen LogP contribution in [-0.2, 0) is 4.74 Å². The van der Waals surface area contributed by atoms with Gasteiger partial charge in [0, 0.05) is 38.4 Å². The lowest BCUT2D eigenvalue weighted by Gasteiger charge is -2.31. The Morgan fingerprint density at radius 1 is 1.11 bits per heavy atom. The number of nitrogens with one attached hydrogen (secondary N) is 1. The summed E-state index contributed by atoms with van der Waals surface area (Å²) < 4.78 is 5.04. The van der Waals surface area contributed by atoms with Gasteiger partial charge in [0.25, 0.3) is 5.91 Å². The van der Waals surface area contributed by atoms with Crippen LogP contribution in [0.4, 0.5) is 10.7 Å². The molecule has 3 rings (SSSR count). The van der Waals surface area contributed by atoms with Gasteiger partial charge in [0.1, 0.15) is 5.69 Å². The minimum atomic E-state index is -0.253. The molecule has 2 saturated heterocycles. The van der Waals surface area contributed by atoms with E-state index >= 15 is 0 Å². The number of nitrogens with zero attached hydrogens (tertiary/aromatic N) is 4. The monoisotopic (exact) mass is 375 g/mol. The molecule has 0 aliphatic carbocycles. The summed E-state index contributed by atoms with van der Waals surface area (Å²) >= 11 is 0. The van der Waals surface area contributed by atoms with E-state index in [9.17, 15) is 9.59 Å². The molecule has 0 unspecified atom stereocenters. The van der Waals surface area contributed by atoms with Gasteiger partial charge in [-0.3, -0.25) is 4.79 Å². The highest BCUT2D eigenvalue weighted by Crippen LogP contribution is 2.16. The molecular weight excluding hydrogens is 346 g/mol. The Balaban J connectivity index is 1.55. The van der Waals surface area contributed by atoms with Crippen molar-refractivity contribution in [2.75, 3.05) is 38.1 Å². The van der Waals surface area contributed by atoms with Crippen LogP contribution in [0.1, 0.15) is 55.9 Å². The second-order valence-electron chi connectivity index (χ2n) is 7.08. The largest absolute Gasteiger partial charge is 0.450 e. The van der Waals surface area contributed by atoms with Crippen LogP contribution in [0.2, 0.25) is 0 Å². The summed E-state index contributed by atoms with van der Waals surface area (Å²) in [6.45, 7) is 5.09. The SMILES string of the molecule is CCOC(=O)N1CCC(Nc2nccc(C(=O)N3CCCCCC3)n2)CC1. The molecule has 27 heavy (non-hydrogen) atoms. The van der Waals surface area contributed by atoms with Gasteiger partial charge in [0.15, 0.2) is 0 Å². The Morgan fingerprint density at radius 3 is 2.48 bits per heavy atom. The third kappa shape index (κ3) is 5.30. The third-order valence-electron chi connectivity index (χ3n) is 5.12. The highest BCUT2D eigenvalue weighted by atomic mass is 16.6. The molecule has 1 N–H and O–H groups in total. The molecule has 0 atom stereocenters. The number of rotatable bonds is 4. The van der Waals surface area contributed by atoms with Crippen molar-refractivity contribution in [3.05, 3.63) is 18.0 Å². The fourth-order valence-electron chi connectivity index (χ4n) is 3.59. The molecule has 8 nitrogen and oxygen atoms in total. The standard InChI is InChI=1S/C19H29N5O3/c1-2-27-19(26)24-13-8-15(9-14-24)21-18-20-10-7-16(22-18)17(25)23-11-5-3-4-6-12-23/h7,10,15H,2-6,8-9,11-14H2,1H3,(H,20,21,22). The number of hydrogen-bond acceptors (Lipinski definition) is 6. The summed E-state index contributed by atoms with van der Waals surface area (Å²) in [6.07, 6.45) is 7.46. The van der Waals surface area contributed by atoms with Crippen LogP contribution in [-0.4, -0.2) is 70.6 Å². The Kier molecular flexibility index (Phi) is 6.84. The van der Waals surface area contributed by atoms with Crippen molar-refractivity contribution in [3.63, 3.8) is 0 Å². The first-order valence-electron chi connectivity index (χ1n) is 9.98. The van der Waals surface area contributed by atoms with E-state index < -0.39 is 0 Å². The number of hydrogen-bond donors (Lipinski definition) is 1. The van der Waals surface area contributed by atoms with Crippen LogP contribution < -0.4 is 5.32 Å². The molecule has 1 aromatic rings. The second kappa shape index (κ2) is 9.53. The van der Waals surface area contributed by atoms with E-state index in [-0.39, 0.29) is 18.0 Å². The van der Waals surface area contributed by atoms with Crippen LogP contribution in [0.5, 0.6) is 0 Å². The Hall–Kier alpha value is -2.38. The number of likely N-dealkylation sites (tertiary alicyclic amines) is 2. The molecule has 2 aliphatic heterocycles. The lowest BCUT2D eigenvalue weighted by molar-refractivity contribution is 0.0755. The van der Waals surface area contributed by atoms with Crippen LogP contribution >= 0.6 is 0 Å². The van der Waals surface area contributed by atoms with E-state index in [4.69, 9.17) is 4.74 Å². The van der Waals surface area contributed by atoms with E-state index in [1.807, 2.05) is 11.8 Å². The van der Waals surface area contributed by atoms with Gasteiger partial charge in [-0.05, 0) is 38.7 Å². The minimum Gasteiger partial charge on any atom is -0.450 e. The average molecular weight is 375 g/mol. The van der Waals surface area contributed by atoms with Crippen molar-refractivity contribution in [1.82, 2.24) is 19.8 Å². The maximum Gasteiger partial charge on any atom is 0.409 e. The van der Waals surface area contributed by atoms with Crippen molar-refractivity contribution in [1.29, 1.82) is 0 Å². The Labute approximate surface area is 160 Å². The molecular formula is C19H29N5O3. The number of carbonyl (C=O) groups excluding carboxylic acids is 2. The highest BCUT2D eigenvalue weighted by Gasteiger charge is 2.24. The molecule has 1 aromatic heterocycles. The number of carbonyl (C=O) groups is 2. The van der Waals surface area contributed by atoms with Crippen molar-refractivity contribution in [2.24, 2.45) is 0 Å². The predicted molar refractivity (Wildman–Crippen MR) is 102 cm³/mol. The summed E-state index contributed by atoms with van der Waals surface area (Å²) in [4.78, 5) is 36.8. The van der Waals surface area contributed by atoms with Crippen molar-refractivity contribution in [2.45, 2.75) is 51.5 Å². The van der Waals surface area contributed by atoms with Gasteiger partial charge in [-0.25, -0.2) is 14.8 Å². The maximum absolute atomic E-state index is 12.7. The van der Waals surface area contributed by atoms with Gasteiger partial charge in [-0.2, -0.15) is 0 Å². The van der Waals surface area contributed by atoms with Gasteiger partial charge in [-0.1, -0.05) is 12.8 Å². The zero-order chi connectivity index (χ0) is 19.1. The molecule has 0 aromatic carbocycles. The Bertz CT molecular complexity index is 638. The fraction of sp³-hybridized carbons (Fsp3) is 0.684. The predicted octanol–water partition coefficient (Wildman–Crippen LogP) is 2.53. The van der Waals surface area contributed by atoms with Crippen LogP contribution in [0.15, 0.2) is 12.3 Å². The molecule has 0 spiro atoms. The minimum absolute atomic E-state index is 0.0144. The second-order valence-corrected chi connectivity index (χ2v) is 7.08. The molecule has 2 fully saturated rings. The number of anilines is 1. The van der Waals surface area contributed by atoms with Gasteiger partial charge >= 0.3 is 6.09 Å². The molecule has 0 bridgehead atoms. The molecule has 0 radical (unpaired) electrons. The van der Waals surface area contributed by atoms with Crippen molar-refractivity contribution < 1.29 is 14.3 Å². The summed E-state index contributed by atoms with van der Waals surface area (Å²) in [5.41, 5.74) is 0.443. The summed E-state index contributed by atoms with van der Waals surface area (Å²) in [5.74, 6) is 0.463. The zero-order valence-corrected chi connectivity index (χ0v) is 16.0. The lowest BCUT2D eigenvalue weighted by atomic mass is 10.1. The lowest BCUT2D eigenvalue weighted by Crippen LogP contribution is -2.42. The van der Waals surface area contributed by atoms with Gasteiger partial charge in [0.2, 0.25) is 5.95 Å². The van der Waals surface area contributed by atoms with Gasteiger partial charge in [0.05, 0.1) is 6.61 Å². The summed E-state index contributed by atoms with van der Waals surface area (Å²) in [7, 11) is 0. The van der Waals surface area contributed by atoms with E-state index in [2.05, 4.69) is 15.3 Å². The molecule has 8 heteroatoms. The van der Waals surface area contributed by atoms with Crippen LogP contribution in [0.25, 0.3) is 0 Å². The normalized spacial score (nSPS) is 18.7. The Morgan fingerprint density at radius 2 is 1.81 bits per heavy atom. The number of piperidine rings is 1. The molecule has 3 heterocycles. The van der Waals surface area contributed by atoms with Gasteiger partial charge in [-0.15, -0.1) is 0 Å². The first kappa shape index (κ1) is 19.4. The topological polar surface area (TPSA) is 87.7 Å². The van der Waals surface area contributed by atoms with Crippen LogP contribution in [0, 0.1) is 0 Å². The molecule has 148 valence electrons. The smallest absolute Gasteiger partial charge is 0.409 e. The summed E-state index contributed by atoms with van der Waals surface area (Å²) in [6, 6.07) is 1.86. The van der Waals surface area contributed by atoms with Crippen molar-refractivity contribution in [3.8, 4) is 0 Å². The molecule has 0 saturated carbocycles. The number of amides is 2. The van der Waals surface area contributed by atoms with Crippen molar-refractivity contribution >= 4 is 17.9 Å². The zero-order valence-electron chi connectivity index (χ0n) is 16.0. The summed E-state index contributed by atoms with van der Waals surface area (Å²) in [5, 5.41) is 3.31. The third-order valence-corrected chi connectivity index (χ3v) is 5.12. The van der Waals surface area contributed by atoms with Crippen LogP contribution in [0.3, 0.4) is 0 Å². The van der Waals surface area contributed by atoms with E-state index in [1.54, 1.807) is 17.2 Å². The molecule has 2 aliphatic rings. The average Bonchev–Trinajstić information content (AvgIpc) is 2.98. The van der Waals surface area contributed by atoms with Gasteiger partial charge < -0.3 is 19.9 Å². The first-order chi connectivity index (χ1) is 13.2. The van der Waals surface area contributed by atoms with E-state index in [0.717, 1.165) is 38.8 Å². The first-order valence-corrected chi connectivity index (χ1v) is 9.98. The number of aromatic nitrogens is 2. The molecule has 2 amide bonds. The quantitative estimate of drug-likeness (QED) is 0.870. The highest BCUT2D eigenvalue weighted by molar-refractivity contribution is 5.92. The van der Waals surface area contributed by atoms with E-state index in [0.29, 0.717) is 31.3 Å². The maximum atomic E-state index is 12.7. The fourth-order valence-corrected chi connectivity index (χ4v) is 3.59.